The highest BCUT2D eigenvalue weighted by Gasteiger charge is 2.03. The Kier molecular flexibility index (Phi) is 3.07. The first-order valence-corrected chi connectivity index (χ1v) is 5.61. The quantitative estimate of drug-likeness (QED) is 0.691. The van der Waals surface area contributed by atoms with Gasteiger partial charge in [0.15, 0.2) is 0 Å². The normalized spacial score (nSPS) is 11.4. The molecule has 0 aliphatic carbocycles. The van der Waals surface area contributed by atoms with Gasteiger partial charge >= 0.3 is 0 Å². The van der Waals surface area contributed by atoms with Gasteiger partial charge in [-0.15, -0.1) is 0 Å². The number of pyridine rings is 1. The van der Waals surface area contributed by atoms with Gasteiger partial charge in [-0.25, -0.2) is 4.98 Å². The number of rotatable bonds is 3. The van der Waals surface area contributed by atoms with Gasteiger partial charge in [0.25, 0.3) is 10.1 Å². The van der Waals surface area contributed by atoms with E-state index in [-0.39, 0.29) is 0 Å². The monoisotopic (exact) mass is 205 g/mol. The average Bonchev–Trinajstić information content (AvgIpc) is 2.02. The average molecular weight is 205 g/mol. The molecule has 1 aromatic heterocycles. The summed E-state index contributed by atoms with van der Waals surface area (Å²) in [4.78, 5) is 3.86. The summed E-state index contributed by atoms with van der Waals surface area (Å²) in [6, 6.07) is 5.15. The van der Waals surface area contributed by atoms with Crippen molar-refractivity contribution >= 4 is 22.2 Å². The molecule has 4 nitrogen and oxygen atoms in total. The number of aromatic nitrogens is 1. The van der Waals surface area contributed by atoms with E-state index in [4.69, 9.17) is 0 Å². The number of hydrogen-bond donors (Lipinski definition) is 0. The van der Waals surface area contributed by atoms with Gasteiger partial charge in [0.05, 0.1) is 18.3 Å². The smallest absolute Gasteiger partial charge is 0.248 e. The van der Waals surface area contributed by atoms with E-state index in [1.807, 2.05) is 0 Å². The molecule has 0 spiro atoms. The van der Waals surface area contributed by atoms with Crippen LogP contribution in [0.4, 0.5) is 0 Å². The molecule has 0 bridgehead atoms. The van der Waals surface area contributed by atoms with E-state index < -0.39 is 10.1 Å². The fourth-order valence-electron chi connectivity index (χ4n) is 0.493. The molecule has 66 valence electrons. The fraction of sp³-hybridized carbons (Fsp3) is 0.167. The molecular weight excluding hydrogens is 198 g/mol. The van der Waals surface area contributed by atoms with Gasteiger partial charge in [0.1, 0.15) is 5.03 Å². The second-order valence-corrected chi connectivity index (χ2v) is 4.56. The third-order valence-electron chi connectivity index (χ3n) is 0.881. The molecule has 1 rings (SSSR count). The third kappa shape index (κ3) is 3.70. The zero-order valence-electron chi connectivity index (χ0n) is 6.30. The minimum Gasteiger partial charge on any atom is -0.248 e. The SMILES string of the molecule is CS(=O)(=O)OSc1ccccn1. The molecule has 0 saturated carbocycles. The molecule has 6 heteroatoms. The van der Waals surface area contributed by atoms with Crippen LogP contribution in [0.3, 0.4) is 0 Å². The highest BCUT2D eigenvalue weighted by Crippen LogP contribution is 2.17. The van der Waals surface area contributed by atoms with Crippen molar-refractivity contribution in [1.29, 1.82) is 0 Å². The molecule has 0 aliphatic rings. The third-order valence-corrected chi connectivity index (χ3v) is 2.55. The van der Waals surface area contributed by atoms with Crippen LogP contribution in [-0.2, 0) is 13.7 Å². The molecule has 0 aromatic carbocycles. The largest absolute Gasteiger partial charge is 0.275 e. The molecule has 0 radical (unpaired) electrons. The molecule has 1 aromatic rings. The van der Waals surface area contributed by atoms with Crippen LogP contribution in [-0.4, -0.2) is 19.7 Å². The molecule has 0 N–H and O–H groups in total. The summed E-state index contributed by atoms with van der Waals surface area (Å²) in [7, 11) is -3.40. The van der Waals surface area contributed by atoms with Crippen LogP contribution in [0.15, 0.2) is 29.4 Å². The molecule has 0 saturated heterocycles. The van der Waals surface area contributed by atoms with Gasteiger partial charge in [-0.05, 0) is 12.1 Å². The van der Waals surface area contributed by atoms with Crippen LogP contribution < -0.4 is 0 Å². The van der Waals surface area contributed by atoms with Crippen molar-refractivity contribution in [3.05, 3.63) is 24.4 Å². The Hall–Kier alpha value is -0.590. The van der Waals surface area contributed by atoms with Crippen LogP contribution in [0.2, 0.25) is 0 Å². The van der Waals surface area contributed by atoms with Gasteiger partial charge in [0, 0.05) is 6.20 Å². The van der Waals surface area contributed by atoms with Crippen molar-refractivity contribution in [1.82, 2.24) is 4.98 Å². The highest BCUT2D eigenvalue weighted by molar-refractivity contribution is 8.04. The van der Waals surface area contributed by atoms with E-state index in [1.54, 1.807) is 24.4 Å². The second kappa shape index (κ2) is 3.88. The summed E-state index contributed by atoms with van der Waals surface area (Å²) < 4.78 is 25.5. The zero-order chi connectivity index (χ0) is 9.03. The van der Waals surface area contributed by atoms with Crippen molar-refractivity contribution in [2.45, 2.75) is 5.03 Å². The first-order valence-electron chi connectivity index (χ1n) is 3.05. The van der Waals surface area contributed by atoms with Crippen LogP contribution in [0, 0.1) is 0 Å². The lowest BCUT2D eigenvalue weighted by atomic mass is 10.5. The van der Waals surface area contributed by atoms with Crippen molar-refractivity contribution in [3.63, 3.8) is 0 Å². The van der Waals surface area contributed by atoms with Crippen LogP contribution >= 0.6 is 12.0 Å². The maximum absolute atomic E-state index is 10.5. The zero-order valence-corrected chi connectivity index (χ0v) is 7.93. The summed E-state index contributed by atoms with van der Waals surface area (Å²) in [5.74, 6) is 0. The van der Waals surface area contributed by atoms with Crippen molar-refractivity contribution in [2.75, 3.05) is 6.26 Å². The minimum atomic E-state index is -3.40. The Labute approximate surface area is 75.3 Å². The molecule has 0 aliphatic heterocycles. The topological polar surface area (TPSA) is 56.3 Å². The predicted molar refractivity (Wildman–Crippen MR) is 46.0 cm³/mol. The van der Waals surface area contributed by atoms with Crippen molar-refractivity contribution < 1.29 is 12.0 Å². The van der Waals surface area contributed by atoms with Gasteiger partial charge in [-0.2, -0.15) is 12.0 Å². The van der Waals surface area contributed by atoms with Gasteiger partial charge in [-0.1, -0.05) is 6.07 Å². The van der Waals surface area contributed by atoms with Crippen molar-refractivity contribution in [2.24, 2.45) is 0 Å². The van der Waals surface area contributed by atoms with Crippen LogP contribution in [0.1, 0.15) is 0 Å². The lowest BCUT2D eigenvalue weighted by Crippen LogP contribution is -1.95. The summed E-state index contributed by atoms with van der Waals surface area (Å²) in [6.45, 7) is 0. The number of nitrogens with zero attached hydrogens (tertiary/aromatic N) is 1. The van der Waals surface area contributed by atoms with E-state index >= 15 is 0 Å². The molecule has 0 unspecified atom stereocenters. The maximum atomic E-state index is 10.5. The number of hydrogen-bond acceptors (Lipinski definition) is 5. The molecule has 0 atom stereocenters. The second-order valence-electron chi connectivity index (χ2n) is 2.02. The molecular formula is C6H7NO3S2. The van der Waals surface area contributed by atoms with E-state index in [2.05, 4.69) is 8.61 Å². The lowest BCUT2D eigenvalue weighted by molar-refractivity contribution is 0.525. The summed E-state index contributed by atoms with van der Waals surface area (Å²) in [5, 5.41) is 0.517. The first kappa shape index (κ1) is 9.50. The Bertz CT molecular complexity index is 335. The van der Waals surface area contributed by atoms with E-state index in [9.17, 15) is 8.42 Å². The van der Waals surface area contributed by atoms with E-state index in [0.29, 0.717) is 5.03 Å². The lowest BCUT2D eigenvalue weighted by Gasteiger charge is -1.96. The minimum absolute atomic E-state index is 0.517. The van der Waals surface area contributed by atoms with E-state index in [0.717, 1.165) is 18.3 Å². The molecule has 12 heavy (non-hydrogen) atoms. The Morgan fingerprint density at radius 1 is 1.50 bits per heavy atom. The Balaban J connectivity index is 2.56. The highest BCUT2D eigenvalue weighted by atomic mass is 32.3. The predicted octanol–water partition coefficient (Wildman–Crippen LogP) is 1.06. The van der Waals surface area contributed by atoms with Crippen molar-refractivity contribution in [3.8, 4) is 0 Å². The standard InChI is InChI=1S/C6H7NO3S2/c1-12(8,9)10-11-6-4-2-3-5-7-6/h2-5H,1H3. The Morgan fingerprint density at radius 3 is 2.75 bits per heavy atom. The fourth-order valence-corrected chi connectivity index (χ4v) is 1.50. The molecule has 1 heterocycles. The summed E-state index contributed by atoms with van der Waals surface area (Å²) >= 11 is 0.728. The van der Waals surface area contributed by atoms with Gasteiger partial charge in [0.2, 0.25) is 0 Å². The molecule has 0 amide bonds. The van der Waals surface area contributed by atoms with Gasteiger partial charge in [-0.3, -0.25) is 0 Å². The molecule has 0 fully saturated rings. The first-order chi connectivity index (χ1) is 5.58. The summed E-state index contributed by atoms with van der Waals surface area (Å²) in [5.41, 5.74) is 0. The van der Waals surface area contributed by atoms with Gasteiger partial charge < -0.3 is 0 Å². The van der Waals surface area contributed by atoms with Crippen LogP contribution in [0.5, 0.6) is 0 Å². The van der Waals surface area contributed by atoms with E-state index in [1.165, 1.54) is 0 Å². The summed E-state index contributed by atoms with van der Waals surface area (Å²) in [6.07, 6.45) is 2.55. The van der Waals surface area contributed by atoms with Crippen LogP contribution in [0.25, 0.3) is 0 Å². The Morgan fingerprint density at radius 2 is 2.25 bits per heavy atom. The maximum Gasteiger partial charge on any atom is 0.275 e.